The molecular weight excluding hydrogens is 306 g/mol. The third kappa shape index (κ3) is 2.83. The Labute approximate surface area is 138 Å². The minimum atomic E-state index is -0.339. The number of tetrazole rings is 1. The first kappa shape index (κ1) is 15.7. The van der Waals surface area contributed by atoms with E-state index in [-0.39, 0.29) is 12.3 Å². The zero-order valence-electron chi connectivity index (χ0n) is 13.5. The van der Waals surface area contributed by atoms with Crippen molar-refractivity contribution < 1.29 is 4.74 Å². The molecule has 0 aliphatic heterocycles. The van der Waals surface area contributed by atoms with Crippen LogP contribution < -0.4 is 10.4 Å². The summed E-state index contributed by atoms with van der Waals surface area (Å²) in [6.07, 6.45) is 3.23. The molecule has 0 unspecified atom stereocenters. The molecule has 7 heteroatoms. The number of pyridine rings is 1. The van der Waals surface area contributed by atoms with E-state index in [1.54, 1.807) is 25.4 Å². The highest BCUT2D eigenvalue weighted by Gasteiger charge is 2.15. The van der Waals surface area contributed by atoms with Crippen molar-refractivity contribution >= 4 is 6.08 Å². The van der Waals surface area contributed by atoms with E-state index in [4.69, 9.17) is 4.74 Å². The van der Waals surface area contributed by atoms with Gasteiger partial charge in [-0.25, -0.2) is 4.79 Å². The summed E-state index contributed by atoms with van der Waals surface area (Å²) in [5.41, 5.74) is 2.62. The average Bonchev–Trinajstić information content (AvgIpc) is 2.93. The van der Waals surface area contributed by atoms with Crippen molar-refractivity contribution in [2.45, 2.75) is 13.5 Å². The lowest BCUT2D eigenvalue weighted by molar-refractivity contribution is 0.302. The summed E-state index contributed by atoms with van der Waals surface area (Å²) >= 11 is 0. The van der Waals surface area contributed by atoms with E-state index in [1.165, 1.54) is 9.36 Å². The summed E-state index contributed by atoms with van der Waals surface area (Å²) < 4.78 is 8.31. The lowest BCUT2D eigenvalue weighted by Crippen LogP contribution is -2.23. The van der Waals surface area contributed by atoms with Crippen LogP contribution in [0.25, 0.3) is 11.8 Å². The molecule has 2 aromatic heterocycles. The van der Waals surface area contributed by atoms with Crippen LogP contribution in [0.1, 0.15) is 16.8 Å². The van der Waals surface area contributed by atoms with Crippen LogP contribution in [-0.2, 0) is 13.7 Å². The van der Waals surface area contributed by atoms with E-state index < -0.39 is 0 Å². The normalized spacial score (nSPS) is 10.6. The van der Waals surface area contributed by atoms with Gasteiger partial charge in [-0.3, -0.25) is 4.98 Å². The molecule has 0 bridgehead atoms. The van der Waals surface area contributed by atoms with Crippen molar-refractivity contribution in [3.05, 3.63) is 70.4 Å². The molecule has 0 aliphatic carbocycles. The van der Waals surface area contributed by atoms with Crippen LogP contribution in [0.4, 0.5) is 0 Å². The second-order valence-corrected chi connectivity index (χ2v) is 5.25. The van der Waals surface area contributed by atoms with Crippen molar-refractivity contribution in [2.24, 2.45) is 7.05 Å². The summed E-state index contributed by atoms with van der Waals surface area (Å²) in [5, 5.41) is 7.65. The van der Waals surface area contributed by atoms with Crippen LogP contribution in [0, 0.1) is 6.92 Å². The SMILES string of the molecule is C=Cc1nccc(-n2nnn(C)c2=O)c1COc1ccccc1C. The number of rotatable bonds is 5. The highest BCUT2D eigenvalue weighted by molar-refractivity contribution is 5.54. The van der Waals surface area contributed by atoms with Crippen molar-refractivity contribution in [1.82, 2.24) is 24.8 Å². The van der Waals surface area contributed by atoms with E-state index >= 15 is 0 Å². The largest absolute Gasteiger partial charge is 0.488 e. The highest BCUT2D eigenvalue weighted by Crippen LogP contribution is 2.22. The van der Waals surface area contributed by atoms with Gasteiger partial charge in [-0.1, -0.05) is 24.8 Å². The predicted octanol–water partition coefficient (Wildman–Crippen LogP) is 1.89. The third-order valence-electron chi connectivity index (χ3n) is 3.67. The van der Waals surface area contributed by atoms with Gasteiger partial charge >= 0.3 is 5.69 Å². The number of para-hydroxylation sites is 1. The maximum Gasteiger partial charge on any atom is 0.368 e. The van der Waals surface area contributed by atoms with Gasteiger partial charge in [0, 0.05) is 18.8 Å². The summed E-state index contributed by atoms with van der Waals surface area (Å²) in [7, 11) is 1.55. The molecule has 3 aromatic rings. The molecule has 0 atom stereocenters. The van der Waals surface area contributed by atoms with Gasteiger partial charge < -0.3 is 4.74 Å². The van der Waals surface area contributed by atoms with Crippen LogP contribution in [0.5, 0.6) is 5.75 Å². The lowest BCUT2D eigenvalue weighted by atomic mass is 10.1. The Morgan fingerprint density at radius 1 is 1.25 bits per heavy atom. The molecule has 0 aliphatic rings. The van der Waals surface area contributed by atoms with Crippen LogP contribution >= 0.6 is 0 Å². The van der Waals surface area contributed by atoms with Crippen molar-refractivity contribution in [3.8, 4) is 11.4 Å². The second-order valence-electron chi connectivity index (χ2n) is 5.25. The van der Waals surface area contributed by atoms with E-state index in [9.17, 15) is 4.79 Å². The lowest BCUT2D eigenvalue weighted by Gasteiger charge is -2.13. The summed E-state index contributed by atoms with van der Waals surface area (Å²) in [6, 6.07) is 9.44. The number of ether oxygens (including phenoxy) is 1. The molecule has 7 nitrogen and oxygen atoms in total. The second kappa shape index (κ2) is 6.49. The summed E-state index contributed by atoms with van der Waals surface area (Å²) in [6.45, 7) is 5.99. The van der Waals surface area contributed by atoms with E-state index in [0.29, 0.717) is 11.4 Å². The van der Waals surface area contributed by atoms with E-state index in [2.05, 4.69) is 22.0 Å². The third-order valence-corrected chi connectivity index (χ3v) is 3.67. The van der Waals surface area contributed by atoms with Crippen LogP contribution in [-0.4, -0.2) is 24.8 Å². The molecule has 2 heterocycles. The molecule has 0 saturated carbocycles. The van der Waals surface area contributed by atoms with Crippen LogP contribution in [0.15, 0.2) is 47.9 Å². The van der Waals surface area contributed by atoms with Crippen molar-refractivity contribution in [3.63, 3.8) is 0 Å². The summed E-state index contributed by atoms with van der Waals surface area (Å²) in [5.74, 6) is 0.772. The Morgan fingerprint density at radius 3 is 2.71 bits per heavy atom. The van der Waals surface area contributed by atoms with Crippen molar-refractivity contribution in [1.29, 1.82) is 0 Å². The minimum Gasteiger partial charge on any atom is -0.488 e. The van der Waals surface area contributed by atoms with Gasteiger partial charge in [0.25, 0.3) is 0 Å². The Morgan fingerprint density at radius 2 is 2.04 bits per heavy atom. The monoisotopic (exact) mass is 323 g/mol. The van der Waals surface area contributed by atoms with Gasteiger partial charge in [0.15, 0.2) is 0 Å². The molecule has 0 fully saturated rings. The van der Waals surface area contributed by atoms with Gasteiger partial charge in [-0.05, 0) is 41.1 Å². The molecule has 3 rings (SSSR count). The standard InChI is InChI=1S/C17H17N5O2/c1-4-14-13(11-24-16-8-6-5-7-12(16)2)15(9-10-18-14)22-17(23)21(3)19-20-22/h4-10H,1,11H2,2-3H3. The highest BCUT2D eigenvalue weighted by atomic mass is 16.5. The topological polar surface area (TPSA) is 74.8 Å². The molecule has 0 radical (unpaired) electrons. The number of benzene rings is 1. The number of hydrogen-bond acceptors (Lipinski definition) is 5. The smallest absolute Gasteiger partial charge is 0.368 e. The molecule has 1 aromatic carbocycles. The molecule has 0 amide bonds. The molecule has 0 saturated heterocycles. The first-order valence-corrected chi connectivity index (χ1v) is 7.40. The molecular formula is C17H17N5O2. The Hall–Kier alpha value is -3.22. The van der Waals surface area contributed by atoms with Gasteiger partial charge in [0.1, 0.15) is 12.4 Å². The van der Waals surface area contributed by atoms with E-state index in [0.717, 1.165) is 16.9 Å². The van der Waals surface area contributed by atoms with Crippen LogP contribution in [0.2, 0.25) is 0 Å². The Bertz CT molecular complexity index is 942. The summed E-state index contributed by atoms with van der Waals surface area (Å²) in [4.78, 5) is 16.4. The Balaban J connectivity index is 2.03. The number of aryl methyl sites for hydroxylation is 2. The molecule has 24 heavy (non-hydrogen) atoms. The van der Waals surface area contributed by atoms with E-state index in [1.807, 2.05) is 31.2 Å². The van der Waals surface area contributed by atoms with Gasteiger partial charge in [0.2, 0.25) is 0 Å². The molecule has 0 spiro atoms. The molecule has 0 N–H and O–H groups in total. The number of hydrogen-bond donors (Lipinski definition) is 0. The van der Waals surface area contributed by atoms with Gasteiger partial charge in [-0.15, -0.1) is 0 Å². The fraction of sp³-hybridized carbons (Fsp3) is 0.176. The van der Waals surface area contributed by atoms with Crippen molar-refractivity contribution in [2.75, 3.05) is 0 Å². The maximum absolute atomic E-state index is 12.2. The first-order chi connectivity index (χ1) is 11.6. The fourth-order valence-corrected chi connectivity index (χ4v) is 2.35. The quantitative estimate of drug-likeness (QED) is 0.717. The van der Waals surface area contributed by atoms with Crippen LogP contribution in [0.3, 0.4) is 0 Å². The zero-order chi connectivity index (χ0) is 17.1. The molecule has 122 valence electrons. The minimum absolute atomic E-state index is 0.235. The fourth-order valence-electron chi connectivity index (χ4n) is 2.35. The first-order valence-electron chi connectivity index (χ1n) is 7.40. The van der Waals surface area contributed by atoms with Gasteiger partial charge in [0.05, 0.1) is 11.4 Å². The number of nitrogens with zero attached hydrogens (tertiary/aromatic N) is 5. The zero-order valence-corrected chi connectivity index (χ0v) is 13.5. The van der Waals surface area contributed by atoms with Gasteiger partial charge in [-0.2, -0.15) is 9.36 Å². The Kier molecular flexibility index (Phi) is 4.24. The average molecular weight is 323 g/mol. The predicted molar refractivity (Wildman–Crippen MR) is 90.0 cm³/mol. The number of aromatic nitrogens is 5. The maximum atomic E-state index is 12.2.